The normalized spacial score (nSPS) is 9.89. The first-order valence-corrected chi connectivity index (χ1v) is 5.44. The van der Waals surface area contributed by atoms with Crippen molar-refractivity contribution in [3.05, 3.63) is 29.8 Å². The summed E-state index contributed by atoms with van der Waals surface area (Å²) < 4.78 is 0. The smallest absolute Gasteiger partial charge is 0.323 e. The van der Waals surface area contributed by atoms with E-state index in [1.165, 1.54) is 0 Å². The van der Waals surface area contributed by atoms with Gasteiger partial charge in [-0.15, -0.1) is 0 Å². The maximum Gasteiger partial charge on any atom is 0.323 e. The number of anilines is 1. The van der Waals surface area contributed by atoms with Crippen molar-refractivity contribution in [1.82, 2.24) is 4.90 Å². The Hall–Kier alpha value is -2.57. The molecule has 0 aliphatic carbocycles. The molecule has 0 radical (unpaired) electrons. The molecular weight excluding hydrogens is 252 g/mol. The number of carbonyl (C=O) groups is 3. The van der Waals surface area contributed by atoms with Crippen molar-refractivity contribution in [1.29, 1.82) is 0 Å². The molecule has 0 saturated heterocycles. The molecule has 0 spiro atoms. The van der Waals surface area contributed by atoms with Gasteiger partial charge in [0.25, 0.3) is 0 Å². The standard InChI is InChI=1S/C12H14N2O5/c13-9-3-1-8(2-4-9)5-10(15)14(6-11(16)17)7-12(18)19/h1-4H,5-7,13H2,(H,16,17)(H,18,19). The molecule has 19 heavy (non-hydrogen) atoms. The molecule has 0 heterocycles. The monoisotopic (exact) mass is 266 g/mol. The van der Waals surface area contributed by atoms with E-state index in [1.807, 2.05) is 0 Å². The minimum Gasteiger partial charge on any atom is -0.480 e. The second kappa shape index (κ2) is 6.39. The van der Waals surface area contributed by atoms with Crippen LogP contribution in [0.2, 0.25) is 0 Å². The fourth-order valence-corrected chi connectivity index (χ4v) is 1.48. The van der Waals surface area contributed by atoms with Gasteiger partial charge in [-0.3, -0.25) is 14.4 Å². The number of carboxylic acid groups (broad SMARTS) is 2. The van der Waals surface area contributed by atoms with E-state index >= 15 is 0 Å². The van der Waals surface area contributed by atoms with Gasteiger partial charge < -0.3 is 20.8 Å². The maximum atomic E-state index is 11.8. The quantitative estimate of drug-likeness (QED) is 0.613. The largest absolute Gasteiger partial charge is 0.480 e. The van der Waals surface area contributed by atoms with Gasteiger partial charge in [-0.25, -0.2) is 0 Å². The fourth-order valence-electron chi connectivity index (χ4n) is 1.48. The molecule has 1 amide bonds. The average molecular weight is 266 g/mol. The number of nitrogen functional groups attached to an aromatic ring is 1. The molecule has 4 N–H and O–H groups in total. The number of rotatable bonds is 6. The van der Waals surface area contributed by atoms with Gasteiger partial charge in [-0.1, -0.05) is 12.1 Å². The van der Waals surface area contributed by atoms with Crippen molar-refractivity contribution >= 4 is 23.5 Å². The first-order chi connectivity index (χ1) is 8.88. The van der Waals surface area contributed by atoms with Gasteiger partial charge in [0.2, 0.25) is 5.91 Å². The number of benzene rings is 1. The van der Waals surface area contributed by atoms with Crippen LogP contribution in [0, 0.1) is 0 Å². The zero-order valence-electron chi connectivity index (χ0n) is 10.1. The average Bonchev–Trinajstić information content (AvgIpc) is 2.30. The Labute approximate surface area is 109 Å². The molecular formula is C12H14N2O5. The summed E-state index contributed by atoms with van der Waals surface area (Å²) in [7, 11) is 0. The first-order valence-electron chi connectivity index (χ1n) is 5.44. The van der Waals surface area contributed by atoms with Crippen LogP contribution < -0.4 is 5.73 Å². The van der Waals surface area contributed by atoms with Crippen molar-refractivity contribution in [2.75, 3.05) is 18.8 Å². The van der Waals surface area contributed by atoms with Gasteiger partial charge in [0.05, 0.1) is 6.42 Å². The van der Waals surface area contributed by atoms with Crippen molar-refractivity contribution in [2.24, 2.45) is 0 Å². The Bertz CT molecular complexity index is 467. The molecule has 0 fully saturated rings. The Morgan fingerprint density at radius 1 is 1.00 bits per heavy atom. The van der Waals surface area contributed by atoms with Crippen LogP contribution in [0.15, 0.2) is 24.3 Å². The SMILES string of the molecule is Nc1ccc(CC(=O)N(CC(=O)O)CC(=O)O)cc1. The summed E-state index contributed by atoms with van der Waals surface area (Å²) in [6, 6.07) is 6.49. The Morgan fingerprint density at radius 3 is 1.89 bits per heavy atom. The number of nitrogens with two attached hydrogens (primary N) is 1. The van der Waals surface area contributed by atoms with E-state index in [0.717, 1.165) is 4.90 Å². The van der Waals surface area contributed by atoms with Crippen LogP contribution in [-0.4, -0.2) is 46.0 Å². The summed E-state index contributed by atoms with van der Waals surface area (Å²) >= 11 is 0. The van der Waals surface area contributed by atoms with Crippen molar-refractivity contribution in [2.45, 2.75) is 6.42 Å². The summed E-state index contributed by atoms with van der Waals surface area (Å²) in [5, 5.41) is 17.3. The van der Waals surface area contributed by atoms with Crippen LogP contribution in [-0.2, 0) is 20.8 Å². The molecule has 0 aromatic heterocycles. The lowest BCUT2D eigenvalue weighted by molar-refractivity contribution is -0.149. The van der Waals surface area contributed by atoms with Crippen LogP contribution in [0.25, 0.3) is 0 Å². The topological polar surface area (TPSA) is 121 Å². The van der Waals surface area contributed by atoms with Crippen molar-refractivity contribution < 1.29 is 24.6 Å². The van der Waals surface area contributed by atoms with Crippen molar-refractivity contribution in [3.8, 4) is 0 Å². The second-order valence-electron chi connectivity index (χ2n) is 3.96. The van der Waals surface area contributed by atoms with Crippen LogP contribution >= 0.6 is 0 Å². The van der Waals surface area contributed by atoms with Gasteiger partial charge in [0.15, 0.2) is 0 Å². The molecule has 0 atom stereocenters. The summed E-state index contributed by atoms with van der Waals surface area (Å²) in [5.41, 5.74) is 6.68. The van der Waals surface area contributed by atoms with E-state index in [0.29, 0.717) is 11.3 Å². The first kappa shape index (κ1) is 14.5. The highest BCUT2D eigenvalue weighted by molar-refractivity contribution is 5.86. The minimum absolute atomic E-state index is 0.0686. The Balaban J connectivity index is 2.73. The lowest BCUT2D eigenvalue weighted by atomic mass is 10.1. The van der Waals surface area contributed by atoms with E-state index in [2.05, 4.69) is 0 Å². The summed E-state index contributed by atoms with van der Waals surface area (Å²) in [6.07, 6.45) is -0.0686. The number of hydrogen-bond donors (Lipinski definition) is 3. The molecule has 0 aliphatic rings. The molecule has 1 aromatic rings. The summed E-state index contributed by atoms with van der Waals surface area (Å²) in [5.74, 6) is -3.08. The van der Waals surface area contributed by atoms with Gasteiger partial charge in [0, 0.05) is 5.69 Å². The number of amides is 1. The molecule has 7 heteroatoms. The van der Waals surface area contributed by atoms with E-state index in [-0.39, 0.29) is 6.42 Å². The third kappa shape index (κ3) is 5.07. The lowest BCUT2D eigenvalue weighted by Crippen LogP contribution is -2.40. The molecule has 0 unspecified atom stereocenters. The van der Waals surface area contributed by atoms with Crippen LogP contribution in [0.1, 0.15) is 5.56 Å². The zero-order valence-corrected chi connectivity index (χ0v) is 10.1. The van der Waals surface area contributed by atoms with E-state index in [9.17, 15) is 14.4 Å². The molecule has 102 valence electrons. The number of hydrogen-bond acceptors (Lipinski definition) is 4. The molecule has 0 bridgehead atoms. The van der Waals surface area contributed by atoms with E-state index in [1.54, 1.807) is 24.3 Å². The third-order valence-corrected chi connectivity index (χ3v) is 2.34. The number of nitrogens with zero attached hydrogens (tertiary/aromatic N) is 1. The van der Waals surface area contributed by atoms with Crippen LogP contribution in [0.3, 0.4) is 0 Å². The molecule has 1 rings (SSSR count). The van der Waals surface area contributed by atoms with E-state index < -0.39 is 30.9 Å². The highest BCUT2D eigenvalue weighted by atomic mass is 16.4. The van der Waals surface area contributed by atoms with Crippen LogP contribution in [0.4, 0.5) is 5.69 Å². The van der Waals surface area contributed by atoms with Gasteiger partial charge in [-0.2, -0.15) is 0 Å². The molecule has 1 aromatic carbocycles. The second-order valence-corrected chi connectivity index (χ2v) is 3.96. The minimum atomic E-state index is -1.26. The molecule has 0 aliphatic heterocycles. The Kier molecular flexibility index (Phi) is 4.87. The summed E-state index contributed by atoms with van der Waals surface area (Å²) in [6.45, 7) is -1.28. The third-order valence-electron chi connectivity index (χ3n) is 2.34. The highest BCUT2D eigenvalue weighted by Crippen LogP contribution is 2.07. The number of aliphatic carboxylic acids is 2. The molecule has 0 saturated carbocycles. The number of carbonyl (C=O) groups excluding carboxylic acids is 1. The zero-order chi connectivity index (χ0) is 14.4. The highest BCUT2D eigenvalue weighted by Gasteiger charge is 2.19. The van der Waals surface area contributed by atoms with Gasteiger partial charge in [0.1, 0.15) is 13.1 Å². The Morgan fingerprint density at radius 2 is 1.47 bits per heavy atom. The van der Waals surface area contributed by atoms with Gasteiger partial charge in [-0.05, 0) is 17.7 Å². The van der Waals surface area contributed by atoms with Crippen LogP contribution in [0.5, 0.6) is 0 Å². The van der Waals surface area contributed by atoms with Crippen molar-refractivity contribution in [3.63, 3.8) is 0 Å². The lowest BCUT2D eigenvalue weighted by Gasteiger charge is -2.18. The van der Waals surface area contributed by atoms with Gasteiger partial charge >= 0.3 is 11.9 Å². The fraction of sp³-hybridized carbons (Fsp3) is 0.250. The number of carboxylic acids is 2. The predicted octanol–water partition coefficient (Wildman–Crippen LogP) is -0.191. The summed E-state index contributed by atoms with van der Waals surface area (Å²) in [4.78, 5) is 33.8. The predicted molar refractivity (Wildman–Crippen MR) is 66.4 cm³/mol. The van der Waals surface area contributed by atoms with E-state index in [4.69, 9.17) is 15.9 Å². The maximum absolute atomic E-state index is 11.8. The molecule has 7 nitrogen and oxygen atoms in total.